The molecule has 1 saturated heterocycles. The van der Waals surface area contributed by atoms with Crippen molar-refractivity contribution in [1.82, 2.24) is 10.2 Å². The van der Waals surface area contributed by atoms with E-state index in [0.29, 0.717) is 13.1 Å². The maximum Gasteiger partial charge on any atom is 0.249 e. The molecule has 0 radical (unpaired) electrons. The van der Waals surface area contributed by atoms with Gasteiger partial charge in [0.2, 0.25) is 11.8 Å². The number of ether oxygens (including phenoxy) is 1. The first-order chi connectivity index (χ1) is 13.1. The quantitative estimate of drug-likeness (QED) is 0.855. The average molecular weight is 366 g/mol. The Kier molecular flexibility index (Phi) is 6.24. The van der Waals surface area contributed by atoms with Crippen LogP contribution in [0, 0.1) is 6.92 Å². The number of nitrogens with zero attached hydrogens (tertiary/aromatic N) is 1. The first-order valence-electron chi connectivity index (χ1n) is 9.35. The molecule has 2 aromatic rings. The van der Waals surface area contributed by atoms with Crippen LogP contribution >= 0.6 is 0 Å². The van der Waals surface area contributed by atoms with Crippen LogP contribution in [0.4, 0.5) is 0 Å². The number of morpholine rings is 1. The fraction of sp³-hybridized carbons (Fsp3) is 0.364. The summed E-state index contributed by atoms with van der Waals surface area (Å²) in [6.07, 6.45) is 0.988. The lowest BCUT2D eigenvalue weighted by atomic mass is 10.1. The summed E-state index contributed by atoms with van der Waals surface area (Å²) in [5.74, 6) is -0.344. The van der Waals surface area contributed by atoms with Crippen LogP contribution in [0.3, 0.4) is 0 Å². The molecule has 142 valence electrons. The minimum atomic E-state index is -0.609. The van der Waals surface area contributed by atoms with Crippen molar-refractivity contribution in [3.05, 3.63) is 70.8 Å². The molecule has 1 aliphatic rings. The maximum absolute atomic E-state index is 12.7. The predicted octanol–water partition coefficient (Wildman–Crippen LogP) is 2.60. The lowest BCUT2D eigenvalue weighted by Crippen LogP contribution is -2.55. The Morgan fingerprint density at radius 3 is 2.37 bits per heavy atom. The number of benzene rings is 2. The van der Waals surface area contributed by atoms with Crippen LogP contribution < -0.4 is 5.32 Å². The van der Waals surface area contributed by atoms with Gasteiger partial charge < -0.3 is 15.0 Å². The van der Waals surface area contributed by atoms with Gasteiger partial charge in [0.1, 0.15) is 12.6 Å². The van der Waals surface area contributed by atoms with Gasteiger partial charge in [-0.3, -0.25) is 9.59 Å². The van der Waals surface area contributed by atoms with Gasteiger partial charge in [-0.1, -0.05) is 61.0 Å². The number of carbonyl (C=O) groups excluding carboxylic acids is 2. The van der Waals surface area contributed by atoms with Crippen molar-refractivity contribution in [2.24, 2.45) is 0 Å². The second-order valence-corrected chi connectivity index (χ2v) is 6.93. The third kappa shape index (κ3) is 4.95. The van der Waals surface area contributed by atoms with Gasteiger partial charge in [-0.15, -0.1) is 0 Å². The predicted molar refractivity (Wildman–Crippen MR) is 104 cm³/mol. The summed E-state index contributed by atoms with van der Waals surface area (Å²) in [6.45, 7) is 5.22. The van der Waals surface area contributed by atoms with Crippen LogP contribution in [0.15, 0.2) is 48.5 Å². The smallest absolute Gasteiger partial charge is 0.249 e. The maximum atomic E-state index is 12.7. The molecule has 0 saturated carbocycles. The van der Waals surface area contributed by atoms with Gasteiger partial charge in [-0.2, -0.15) is 0 Å². The monoisotopic (exact) mass is 366 g/mol. The van der Waals surface area contributed by atoms with E-state index in [1.54, 1.807) is 4.90 Å². The first-order valence-corrected chi connectivity index (χ1v) is 9.35. The van der Waals surface area contributed by atoms with Crippen LogP contribution in [-0.2, 0) is 33.8 Å². The van der Waals surface area contributed by atoms with Crippen LogP contribution in [0.1, 0.15) is 29.2 Å². The van der Waals surface area contributed by atoms with E-state index in [1.165, 1.54) is 5.56 Å². The van der Waals surface area contributed by atoms with Gasteiger partial charge in [0.25, 0.3) is 0 Å². The topological polar surface area (TPSA) is 58.6 Å². The molecule has 1 fully saturated rings. The zero-order valence-corrected chi connectivity index (χ0v) is 15.9. The van der Waals surface area contributed by atoms with Crippen LogP contribution in [0.2, 0.25) is 0 Å². The molecule has 0 aromatic heterocycles. The van der Waals surface area contributed by atoms with Crippen LogP contribution in [0.5, 0.6) is 0 Å². The van der Waals surface area contributed by atoms with Crippen molar-refractivity contribution >= 4 is 11.8 Å². The van der Waals surface area contributed by atoms with E-state index in [4.69, 9.17) is 4.74 Å². The summed E-state index contributed by atoms with van der Waals surface area (Å²) in [6, 6.07) is 15.6. The van der Waals surface area contributed by atoms with Crippen molar-refractivity contribution in [2.45, 2.75) is 39.4 Å². The average Bonchev–Trinajstić information content (AvgIpc) is 2.69. The van der Waals surface area contributed by atoms with Gasteiger partial charge >= 0.3 is 0 Å². The summed E-state index contributed by atoms with van der Waals surface area (Å²) in [7, 11) is 0. The third-order valence-electron chi connectivity index (χ3n) is 4.87. The van der Waals surface area contributed by atoms with Crippen molar-refractivity contribution < 1.29 is 14.3 Å². The molecule has 2 aromatic carbocycles. The van der Waals surface area contributed by atoms with E-state index < -0.39 is 6.04 Å². The normalized spacial score (nSPS) is 17.0. The van der Waals surface area contributed by atoms with Crippen LogP contribution in [0.25, 0.3) is 0 Å². The zero-order valence-electron chi connectivity index (χ0n) is 15.9. The number of hydrogen-bond donors (Lipinski definition) is 1. The zero-order chi connectivity index (χ0) is 19.2. The van der Waals surface area contributed by atoms with Gasteiger partial charge in [0, 0.05) is 13.1 Å². The Bertz CT molecular complexity index is 784. The highest BCUT2D eigenvalue weighted by Gasteiger charge is 2.33. The first kappa shape index (κ1) is 19.1. The van der Waals surface area contributed by atoms with E-state index in [1.807, 2.05) is 43.3 Å². The SMILES string of the molecule is CCc1ccc(CNC(=O)[C@@H]2COCC(=O)N2Cc2ccc(C)cc2)cc1. The molecule has 5 heteroatoms. The molecule has 27 heavy (non-hydrogen) atoms. The molecule has 1 aliphatic heterocycles. The molecule has 1 atom stereocenters. The number of amides is 2. The van der Waals surface area contributed by atoms with Gasteiger partial charge in [0.05, 0.1) is 6.61 Å². The fourth-order valence-electron chi connectivity index (χ4n) is 3.11. The minimum absolute atomic E-state index is 0.0219. The molecular formula is C22H26N2O3. The van der Waals surface area contributed by atoms with E-state index in [2.05, 4.69) is 24.4 Å². The highest BCUT2D eigenvalue weighted by molar-refractivity contribution is 5.89. The van der Waals surface area contributed by atoms with E-state index in [9.17, 15) is 9.59 Å². The summed E-state index contributed by atoms with van der Waals surface area (Å²) in [5.41, 5.74) is 4.47. The van der Waals surface area contributed by atoms with Crippen molar-refractivity contribution in [2.75, 3.05) is 13.2 Å². The standard InChI is InChI=1S/C22H26N2O3/c1-3-17-8-10-18(11-9-17)12-23-22(26)20-14-27-15-21(25)24(20)13-19-6-4-16(2)5-7-19/h4-11,20H,3,12-15H2,1-2H3,(H,23,26)/t20-/m0/s1. The van der Waals surface area contributed by atoms with Gasteiger partial charge in [0.15, 0.2) is 0 Å². The summed E-state index contributed by atoms with van der Waals surface area (Å²) in [5, 5.41) is 2.94. The Hall–Kier alpha value is -2.66. The minimum Gasteiger partial charge on any atom is -0.369 e. The van der Waals surface area contributed by atoms with Gasteiger partial charge in [-0.25, -0.2) is 0 Å². The number of rotatable bonds is 6. The molecule has 3 rings (SSSR count). The van der Waals surface area contributed by atoms with Gasteiger partial charge in [-0.05, 0) is 30.0 Å². The molecule has 1 N–H and O–H groups in total. The Balaban J connectivity index is 1.64. The second-order valence-electron chi connectivity index (χ2n) is 6.93. The van der Waals surface area contributed by atoms with Crippen LogP contribution in [-0.4, -0.2) is 36.0 Å². The number of nitrogens with one attached hydrogen (secondary N) is 1. The highest BCUT2D eigenvalue weighted by atomic mass is 16.5. The third-order valence-corrected chi connectivity index (χ3v) is 4.87. The summed E-state index contributed by atoms with van der Waals surface area (Å²) < 4.78 is 5.33. The Morgan fingerprint density at radius 1 is 1.07 bits per heavy atom. The molecule has 0 unspecified atom stereocenters. The molecule has 0 aliphatic carbocycles. The molecule has 1 heterocycles. The lowest BCUT2D eigenvalue weighted by molar-refractivity contribution is -0.155. The highest BCUT2D eigenvalue weighted by Crippen LogP contribution is 2.15. The van der Waals surface area contributed by atoms with Crippen molar-refractivity contribution in [3.63, 3.8) is 0 Å². The number of carbonyl (C=O) groups is 2. The Labute approximate surface area is 160 Å². The molecule has 5 nitrogen and oxygen atoms in total. The second kappa shape index (κ2) is 8.82. The Morgan fingerprint density at radius 2 is 1.70 bits per heavy atom. The lowest BCUT2D eigenvalue weighted by Gasteiger charge is -2.34. The number of aryl methyl sites for hydroxylation is 2. The van der Waals surface area contributed by atoms with Crippen molar-refractivity contribution in [3.8, 4) is 0 Å². The molecule has 0 bridgehead atoms. The van der Waals surface area contributed by atoms with E-state index in [0.717, 1.165) is 23.1 Å². The number of hydrogen-bond acceptors (Lipinski definition) is 3. The largest absolute Gasteiger partial charge is 0.369 e. The summed E-state index contributed by atoms with van der Waals surface area (Å²) >= 11 is 0. The van der Waals surface area contributed by atoms with E-state index in [-0.39, 0.29) is 25.0 Å². The molecule has 0 spiro atoms. The summed E-state index contributed by atoms with van der Waals surface area (Å²) in [4.78, 5) is 26.7. The molecule has 2 amide bonds. The fourth-order valence-corrected chi connectivity index (χ4v) is 3.11. The van der Waals surface area contributed by atoms with E-state index >= 15 is 0 Å². The van der Waals surface area contributed by atoms with Crippen molar-refractivity contribution in [1.29, 1.82) is 0 Å². The molecular weight excluding hydrogens is 340 g/mol.